The van der Waals surface area contributed by atoms with Gasteiger partial charge in [0.2, 0.25) is 0 Å². The van der Waals surface area contributed by atoms with Gasteiger partial charge in [-0.2, -0.15) is 8.42 Å². The highest BCUT2D eigenvalue weighted by Crippen LogP contribution is 2.45. The van der Waals surface area contributed by atoms with Crippen molar-refractivity contribution in [3.05, 3.63) is 71.3 Å². The summed E-state index contributed by atoms with van der Waals surface area (Å²) in [5.41, 5.74) is 5.71. The Labute approximate surface area is 201 Å². The lowest BCUT2D eigenvalue weighted by Crippen LogP contribution is -2.47. The summed E-state index contributed by atoms with van der Waals surface area (Å²) in [5, 5.41) is 0. The Kier molecular flexibility index (Phi) is 6.48. The quantitative estimate of drug-likeness (QED) is 0.620. The lowest BCUT2D eigenvalue weighted by Gasteiger charge is -2.44. The molecule has 0 atom stereocenters. The van der Waals surface area contributed by atoms with Crippen molar-refractivity contribution in [3.63, 3.8) is 0 Å². The zero-order valence-electron chi connectivity index (χ0n) is 20.1. The number of benzene rings is 2. The Morgan fingerprint density at radius 2 is 1.68 bits per heavy atom. The van der Waals surface area contributed by atoms with Gasteiger partial charge in [-0.1, -0.05) is 48.0 Å². The van der Waals surface area contributed by atoms with Gasteiger partial charge in [0.1, 0.15) is 5.60 Å². The molecule has 2 aromatic rings. The first-order chi connectivity index (χ1) is 16.0. The van der Waals surface area contributed by atoms with E-state index in [2.05, 4.69) is 11.5 Å². The number of aryl methyl sites for hydroxylation is 1. The van der Waals surface area contributed by atoms with E-state index < -0.39 is 15.7 Å². The summed E-state index contributed by atoms with van der Waals surface area (Å²) < 4.78 is 36.0. The van der Waals surface area contributed by atoms with Crippen molar-refractivity contribution in [1.82, 2.24) is 10.4 Å². The molecule has 1 N–H and O–H groups in total. The van der Waals surface area contributed by atoms with E-state index in [0.29, 0.717) is 18.8 Å². The number of hydroxylamine groups is 1. The minimum atomic E-state index is -3.95. The Bertz CT molecular complexity index is 1190. The average Bonchev–Trinajstić information content (AvgIpc) is 2.78. The maximum absolute atomic E-state index is 12.6. The second-order valence-electron chi connectivity index (χ2n) is 10.1. The predicted molar refractivity (Wildman–Crippen MR) is 130 cm³/mol. The van der Waals surface area contributed by atoms with Crippen molar-refractivity contribution in [2.24, 2.45) is 0 Å². The summed E-state index contributed by atoms with van der Waals surface area (Å²) in [5.74, 6) is 0. The van der Waals surface area contributed by atoms with Crippen LogP contribution in [0.2, 0.25) is 0 Å². The highest BCUT2D eigenvalue weighted by atomic mass is 32.2. The molecule has 1 saturated heterocycles. The van der Waals surface area contributed by atoms with E-state index in [-0.39, 0.29) is 16.4 Å². The van der Waals surface area contributed by atoms with Crippen LogP contribution in [-0.2, 0) is 24.6 Å². The van der Waals surface area contributed by atoms with Gasteiger partial charge in [-0.15, -0.1) is 4.28 Å². The van der Waals surface area contributed by atoms with Crippen molar-refractivity contribution in [2.45, 2.75) is 62.9 Å². The average molecular weight is 485 g/mol. The fourth-order valence-electron chi connectivity index (χ4n) is 4.56. The zero-order chi connectivity index (χ0) is 24.6. The van der Waals surface area contributed by atoms with Crippen LogP contribution in [0.1, 0.15) is 56.7 Å². The van der Waals surface area contributed by atoms with Crippen molar-refractivity contribution >= 4 is 21.9 Å². The number of rotatable bonds is 4. The molecule has 1 fully saturated rings. The smallest absolute Gasteiger partial charge is 0.410 e. The van der Waals surface area contributed by atoms with Crippen LogP contribution in [0, 0.1) is 6.92 Å². The number of piperidine rings is 1. The number of allylic oxidation sites excluding steroid dienone is 1. The summed E-state index contributed by atoms with van der Waals surface area (Å²) in [6.45, 7) is 8.72. The Morgan fingerprint density at radius 3 is 2.32 bits per heavy atom. The number of carbonyl (C=O) groups excluding carboxylic acids is 1. The molecule has 1 heterocycles. The molecule has 0 bridgehead atoms. The fraction of sp³-hybridized carbons (Fsp3) is 0.423. The van der Waals surface area contributed by atoms with E-state index in [1.165, 1.54) is 12.1 Å². The van der Waals surface area contributed by atoms with Gasteiger partial charge in [-0.3, -0.25) is 0 Å². The highest BCUT2D eigenvalue weighted by Gasteiger charge is 2.41. The van der Waals surface area contributed by atoms with Crippen LogP contribution in [0.3, 0.4) is 0 Å². The van der Waals surface area contributed by atoms with Crippen LogP contribution in [0.4, 0.5) is 4.79 Å². The van der Waals surface area contributed by atoms with Crippen LogP contribution in [0.15, 0.2) is 59.5 Å². The third-order valence-electron chi connectivity index (χ3n) is 6.43. The van der Waals surface area contributed by atoms with Gasteiger partial charge in [-0.05, 0) is 64.7 Å². The third kappa shape index (κ3) is 5.13. The Hall–Kier alpha value is -2.84. The van der Waals surface area contributed by atoms with Gasteiger partial charge < -0.3 is 9.64 Å². The number of fused-ring (bicyclic) bond motifs is 2. The normalized spacial score (nSPS) is 17.6. The third-order valence-corrected chi connectivity index (χ3v) is 7.58. The monoisotopic (exact) mass is 484 g/mol. The van der Waals surface area contributed by atoms with E-state index in [9.17, 15) is 13.2 Å². The molecule has 0 aromatic heterocycles. The summed E-state index contributed by atoms with van der Waals surface area (Å²) in [6, 6.07) is 14.5. The molecule has 1 aliphatic heterocycles. The van der Waals surface area contributed by atoms with Gasteiger partial charge in [0, 0.05) is 24.1 Å². The molecule has 1 amide bonds. The maximum atomic E-state index is 12.6. The number of amides is 1. The van der Waals surface area contributed by atoms with Crippen LogP contribution >= 0.6 is 0 Å². The van der Waals surface area contributed by atoms with E-state index in [4.69, 9.17) is 9.02 Å². The Balaban J connectivity index is 1.48. The summed E-state index contributed by atoms with van der Waals surface area (Å²) in [7, 11) is -3.95. The molecule has 1 aliphatic carbocycles. The molecule has 7 nitrogen and oxygen atoms in total. The molecule has 4 rings (SSSR count). The van der Waals surface area contributed by atoms with Crippen LogP contribution in [-0.4, -0.2) is 38.1 Å². The first-order valence-electron chi connectivity index (χ1n) is 11.5. The van der Waals surface area contributed by atoms with Crippen LogP contribution in [0.25, 0.3) is 5.70 Å². The molecular formula is C26H32N2O5S. The predicted octanol–water partition coefficient (Wildman–Crippen LogP) is 4.92. The SMILES string of the molecule is Cc1ccc(S(=O)(=O)ONC2=CCC3(CCN(C(=O)OC(C)(C)C)CC3)c3ccccc32)cc1. The molecule has 2 aliphatic rings. The lowest BCUT2D eigenvalue weighted by atomic mass is 9.66. The lowest BCUT2D eigenvalue weighted by molar-refractivity contribution is 0.0163. The Morgan fingerprint density at radius 1 is 1.03 bits per heavy atom. The van der Waals surface area contributed by atoms with Gasteiger partial charge in [-0.25, -0.2) is 10.3 Å². The molecule has 0 saturated carbocycles. The fourth-order valence-corrected chi connectivity index (χ4v) is 5.33. The van der Waals surface area contributed by atoms with Crippen LogP contribution in [0.5, 0.6) is 0 Å². The first-order valence-corrected chi connectivity index (χ1v) is 12.9. The number of nitrogens with one attached hydrogen (secondary N) is 1. The number of carbonyl (C=O) groups is 1. The van der Waals surface area contributed by atoms with E-state index in [1.807, 2.05) is 52.0 Å². The minimum Gasteiger partial charge on any atom is -0.444 e. The molecule has 2 aromatic carbocycles. The molecule has 0 radical (unpaired) electrons. The number of nitrogens with zero attached hydrogens (tertiary/aromatic N) is 1. The van der Waals surface area contributed by atoms with Gasteiger partial charge in [0.05, 0.1) is 10.6 Å². The number of likely N-dealkylation sites (tertiary alicyclic amines) is 1. The van der Waals surface area contributed by atoms with Gasteiger partial charge in [0.15, 0.2) is 0 Å². The van der Waals surface area contributed by atoms with E-state index in [0.717, 1.165) is 36.0 Å². The first kappa shape index (κ1) is 24.3. The molecule has 182 valence electrons. The van der Waals surface area contributed by atoms with Gasteiger partial charge >= 0.3 is 16.2 Å². The largest absolute Gasteiger partial charge is 0.444 e. The second kappa shape index (κ2) is 9.07. The molecule has 8 heteroatoms. The summed E-state index contributed by atoms with van der Waals surface area (Å²) >= 11 is 0. The van der Waals surface area contributed by atoms with E-state index >= 15 is 0 Å². The number of hydrogen-bond donors (Lipinski definition) is 1. The van der Waals surface area contributed by atoms with Crippen LogP contribution < -0.4 is 5.48 Å². The van der Waals surface area contributed by atoms with Gasteiger partial charge in [0.25, 0.3) is 0 Å². The summed E-state index contributed by atoms with van der Waals surface area (Å²) in [6.07, 6.45) is 4.04. The maximum Gasteiger partial charge on any atom is 0.410 e. The summed E-state index contributed by atoms with van der Waals surface area (Å²) in [4.78, 5) is 14.4. The number of ether oxygens (including phenoxy) is 1. The second-order valence-corrected chi connectivity index (χ2v) is 11.6. The molecular weight excluding hydrogens is 452 g/mol. The standard InChI is InChI=1S/C26H32N2O5S/c1-19-9-11-20(12-10-19)34(30,31)33-27-23-13-14-26(22-8-6-5-7-21(22)23)15-17-28(18-16-26)24(29)32-25(2,3)4/h5-13,27H,14-18H2,1-4H3. The van der Waals surface area contributed by atoms with Crippen molar-refractivity contribution in [2.75, 3.05) is 13.1 Å². The topological polar surface area (TPSA) is 84.9 Å². The number of hydrogen-bond acceptors (Lipinski definition) is 6. The van der Waals surface area contributed by atoms with Crippen molar-refractivity contribution in [1.29, 1.82) is 0 Å². The van der Waals surface area contributed by atoms with Crippen molar-refractivity contribution < 1.29 is 22.2 Å². The molecule has 34 heavy (non-hydrogen) atoms. The molecule has 0 unspecified atom stereocenters. The molecule has 1 spiro atoms. The van der Waals surface area contributed by atoms with E-state index in [1.54, 1.807) is 17.0 Å². The zero-order valence-corrected chi connectivity index (χ0v) is 20.9. The minimum absolute atomic E-state index is 0.0984. The highest BCUT2D eigenvalue weighted by molar-refractivity contribution is 7.86. The van der Waals surface area contributed by atoms with Crippen molar-refractivity contribution in [3.8, 4) is 0 Å².